The number of nitrogens with one attached hydrogen (secondary N) is 1. The van der Waals surface area contributed by atoms with Crippen molar-refractivity contribution in [2.24, 2.45) is 5.92 Å². The van der Waals surface area contributed by atoms with Crippen molar-refractivity contribution in [3.8, 4) is 5.19 Å². The zero-order chi connectivity index (χ0) is 23.4. The normalized spacial score (nSPS) is 21.6. The van der Waals surface area contributed by atoms with Gasteiger partial charge < -0.3 is 14.5 Å². The molecule has 2 aliphatic rings. The minimum Gasteiger partial charge on any atom is -0.464 e. The number of amides is 1. The van der Waals surface area contributed by atoms with E-state index in [1.807, 2.05) is 6.92 Å². The number of rotatable bonds is 9. The van der Waals surface area contributed by atoms with Crippen LogP contribution in [-0.4, -0.2) is 52.4 Å². The predicted molar refractivity (Wildman–Crippen MR) is 121 cm³/mol. The molecule has 0 bridgehead atoms. The van der Waals surface area contributed by atoms with Gasteiger partial charge >= 0.3 is 0 Å². The Bertz CT molecular complexity index is 935. The fraction of sp³-hybridized carbons (Fsp3) is 0.696. The van der Waals surface area contributed by atoms with E-state index < -0.39 is 12.5 Å². The van der Waals surface area contributed by atoms with Gasteiger partial charge in [-0.15, -0.1) is 0 Å². The number of hydrogen-bond donors (Lipinski definition) is 1. The number of ether oxygens (including phenoxy) is 1. The van der Waals surface area contributed by atoms with Gasteiger partial charge in [0.2, 0.25) is 11.8 Å². The van der Waals surface area contributed by atoms with E-state index in [1.54, 1.807) is 6.20 Å². The van der Waals surface area contributed by atoms with Crippen molar-refractivity contribution < 1.29 is 22.7 Å². The molecule has 4 rings (SSSR count). The molecule has 1 saturated carbocycles. The highest BCUT2D eigenvalue weighted by molar-refractivity contribution is 7.13. The second kappa shape index (κ2) is 10.5. The van der Waals surface area contributed by atoms with Gasteiger partial charge in [0, 0.05) is 30.9 Å². The van der Waals surface area contributed by atoms with E-state index in [-0.39, 0.29) is 18.4 Å². The minimum atomic E-state index is -2.85. The summed E-state index contributed by atoms with van der Waals surface area (Å²) in [6, 6.07) is 0.228. The highest BCUT2D eigenvalue weighted by Gasteiger charge is 2.27. The summed E-state index contributed by atoms with van der Waals surface area (Å²) >= 11 is 1.39. The van der Waals surface area contributed by atoms with Crippen molar-refractivity contribution in [3.05, 3.63) is 28.4 Å². The van der Waals surface area contributed by atoms with Crippen LogP contribution in [-0.2, 0) is 24.2 Å². The first-order valence-corrected chi connectivity index (χ1v) is 12.5. The molecule has 0 aromatic carbocycles. The van der Waals surface area contributed by atoms with Crippen molar-refractivity contribution in [2.45, 2.75) is 77.3 Å². The number of fused-ring (bicyclic) bond motifs is 1. The van der Waals surface area contributed by atoms with Gasteiger partial charge in [0.25, 0.3) is 11.1 Å². The Morgan fingerprint density at radius 1 is 1.36 bits per heavy atom. The maximum absolute atomic E-state index is 13.0. The zero-order valence-electron chi connectivity index (χ0n) is 19.2. The van der Waals surface area contributed by atoms with Crippen molar-refractivity contribution >= 4 is 17.2 Å². The molecule has 2 aromatic rings. The van der Waals surface area contributed by atoms with Crippen molar-refractivity contribution in [1.82, 2.24) is 20.2 Å². The van der Waals surface area contributed by atoms with E-state index in [2.05, 4.69) is 20.2 Å². The topological polar surface area (TPSA) is 80.5 Å². The first-order valence-electron chi connectivity index (χ1n) is 11.7. The molecule has 0 spiro atoms. The molecule has 1 aliphatic carbocycles. The SMILES string of the molecule is Cc1cnc(CC(=O)N[C@H]2CC[C@H](CCN3CCc4sc(OCC(C)(F)F)nc4C3)CC2)o1. The number of alkyl halides is 2. The number of nitrogens with zero attached hydrogens (tertiary/aromatic N) is 3. The summed E-state index contributed by atoms with van der Waals surface area (Å²) in [5.74, 6) is -1.04. The number of hydrogen-bond acceptors (Lipinski definition) is 7. The molecule has 3 heterocycles. The Morgan fingerprint density at radius 3 is 2.85 bits per heavy atom. The molecule has 33 heavy (non-hydrogen) atoms. The van der Waals surface area contributed by atoms with Crippen molar-refractivity contribution in [2.75, 3.05) is 19.7 Å². The van der Waals surface area contributed by atoms with Crippen LogP contribution in [0.5, 0.6) is 5.19 Å². The van der Waals surface area contributed by atoms with E-state index in [0.29, 0.717) is 22.8 Å². The van der Waals surface area contributed by atoms with Gasteiger partial charge in [-0.3, -0.25) is 9.69 Å². The highest BCUT2D eigenvalue weighted by Crippen LogP contribution is 2.32. The molecule has 1 aliphatic heterocycles. The summed E-state index contributed by atoms with van der Waals surface area (Å²) in [7, 11) is 0. The largest absolute Gasteiger partial charge is 0.464 e. The van der Waals surface area contributed by atoms with Crippen molar-refractivity contribution in [3.63, 3.8) is 0 Å². The van der Waals surface area contributed by atoms with Gasteiger partial charge in [-0.05, 0) is 57.9 Å². The Kier molecular flexibility index (Phi) is 7.63. The fourth-order valence-corrected chi connectivity index (χ4v) is 5.44. The Balaban J connectivity index is 1.15. The third-order valence-corrected chi connectivity index (χ3v) is 7.35. The summed E-state index contributed by atoms with van der Waals surface area (Å²) < 4.78 is 36.6. The standard InChI is InChI=1S/C23H32F2N4O3S/c1-15-12-26-21(32-15)11-20(30)27-17-5-3-16(4-6-17)7-9-29-10-8-19-18(13-29)28-22(33-19)31-14-23(2,24)25/h12,16-17H,3-11,13-14H2,1-2H3,(H,27,30)/t16-,17-. The highest BCUT2D eigenvalue weighted by atomic mass is 32.1. The molecule has 0 saturated heterocycles. The van der Waals surface area contributed by atoms with Gasteiger partial charge in [-0.25, -0.2) is 18.7 Å². The fourth-order valence-electron chi connectivity index (χ4n) is 4.53. The maximum atomic E-state index is 13.0. The first-order chi connectivity index (χ1) is 15.7. The lowest BCUT2D eigenvalue weighted by molar-refractivity contribution is -0.121. The summed E-state index contributed by atoms with van der Waals surface area (Å²) in [5.41, 5.74) is 0.966. The molecule has 7 nitrogen and oxygen atoms in total. The number of aromatic nitrogens is 2. The Hall–Kier alpha value is -2.07. The van der Waals surface area contributed by atoms with Crippen LogP contribution in [0.25, 0.3) is 0 Å². The lowest BCUT2D eigenvalue weighted by atomic mass is 9.84. The van der Waals surface area contributed by atoms with Gasteiger partial charge in [0.1, 0.15) is 12.2 Å². The summed E-state index contributed by atoms with van der Waals surface area (Å²) in [5, 5.41) is 3.47. The molecular formula is C23H32F2N4O3S. The van der Waals surface area contributed by atoms with Gasteiger partial charge in [-0.1, -0.05) is 11.3 Å². The average molecular weight is 483 g/mol. The third-order valence-electron chi connectivity index (χ3n) is 6.28. The smallest absolute Gasteiger partial charge is 0.278 e. The zero-order valence-corrected chi connectivity index (χ0v) is 20.1. The lowest BCUT2D eigenvalue weighted by Gasteiger charge is -2.31. The van der Waals surface area contributed by atoms with E-state index in [1.165, 1.54) is 11.3 Å². The van der Waals surface area contributed by atoms with Crippen LogP contribution in [0.2, 0.25) is 0 Å². The van der Waals surface area contributed by atoms with E-state index >= 15 is 0 Å². The number of carbonyl (C=O) groups is 1. The summed E-state index contributed by atoms with van der Waals surface area (Å²) in [6.45, 7) is 4.76. The summed E-state index contributed by atoms with van der Waals surface area (Å²) in [4.78, 5) is 24.3. The van der Waals surface area contributed by atoms with E-state index in [0.717, 1.165) is 75.7 Å². The molecule has 182 valence electrons. The van der Waals surface area contributed by atoms with Crippen LogP contribution in [0.4, 0.5) is 8.78 Å². The van der Waals surface area contributed by atoms with Crippen molar-refractivity contribution in [1.29, 1.82) is 0 Å². The molecule has 1 fully saturated rings. The molecule has 10 heteroatoms. The lowest BCUT2D eigenvalue weighted by Crippen LogP contribution is -2.39. The van der Waals surface area contributed by atoms with Crippen LogP contribution in [0.3, 0.4) is 0 Å². The molecule has 1 N–H and O–H groups in total. The molecule has 0 unspecified atom stereocenters. The number of carbonyl (C=O) groups excluding carboxylic acids is 1. The maximum Gasteiger partial charge on any atom is 0.278 e. The van der Waals surface area contributed by atoms with Gasteiger partial charge in [0.05, 0.1) is 11.9 Å². The van der Waals surface area contributed by atoms with E-state index in [9.17, 15) is 13.6 Å². The minimum absolute atomic E-state index is 0.0290. The third kappa shape index (κ3) is 7.20. The second-order valence-corrected chi connectivity index (χ2v) is 10.4. The molecule has 0 atom stereocenters. The monoisotopic (exact) mass is 482 g/mol. The summed E-state index contributed by atoms with van der Waals surface area (Å²) in [6.07, 6.45) is 8.06. The van der Waals surface area contributed by atoms with Gasteiger partial charge in [0.15, 0.2) is 6.61 Å². The predicted octanol–water partition coefficient (Wildman–Crippen LogP) is 4.14. The van der Waals surface area contributed by atoms with Crippen LogP contribution in [0, 0.1) is 12.8 Å². The Labute approximate surface area is 196 Å². The molecule has 2 aromatic heterocycles. The molecule has 1 amide bonds. The van der Waals surface area contributed by atoms with Crippen LogP contribution in [0.1, 0.15) is 61.2 Å². The number of oxazole rings is 1. The average Bonchev–Trinajstić information content (AvgIpc) is 3.36. The van der Waals surface area contributed by atoms with Crippen LogP contribution in [0.15, 0.2) is 10.6 Å². The molecule has 0 radical (unpaired) electrons. The Morgan fingerprint density at radius 2 is 2.15 bits per heavy atom. The quantitative estimate of drug-likeness (QED) is 0.579. The van der Waals surface area contributed by atoms with Gasteiger partial charge in [-0.2, -0.15) is 0 Å². The van der Waals surface area contributed by atoms with Crippen LogP contribution < -0.4 is 10.1 Å². The number of thiazole rings is 1. The van der Waals surface area contributed by atoms with E-state index in [4.69, 9.17) is 9.15 Å². The number of halogens is 2. The number of aryl methyl sites for hydroxylation is 1. The first kappa shape index (κ1) is 24.1. The second-order valence-electron chi connectivity index (χ2n) is 9.35. The molecular weight excluding hydrogens is 450 g/mol. The van der Waals surface area contributed by atoms with Crippen LogP contribution >= 0.6 is 11.3 Å².